The van der Waals surface area contributed by atoms with Crippen molar-refractivity contribution in [3.63, 3.8) is 0 Å². The third kappa shape index (κ3) is 3.45. The summed E-state index contributed by atoms with van der Waals surface area (Å²) in [6, 6.07) is 8.90. The third-order valence-electron chi connectivity index (χ3n) is 3.40. The lowest BCUT2D eigenvalue weighted by molar-refractivity contribution is -0.119. The Morgan fingerprint density at radius 3 is 2.75 bits per heavy atom. The van der Waals surface area contributed by atoms with Crippen LogP contribution in [0.1, 0.15) is 15.9 Å². The number of fused-ring (bicyclic) bond motifs is 1. The number of aryl methyl sites for hydroxylation is 1. The van der Waals surface area contributed by atoms with Crippen LogP contribution in [-0.2, 0) is 9.53 Å². The van der Waals surface area contributed by atoms with Crippen LogP contribution in [0.15, 0.2) is 36.4 Å². The van der Waals surface area contributed by atoms with E-state index in [1.165, 1.54) is 12.1 Å². The monoisotopic (exact) mass is 331 g/mol. The summed E-state index contributed by atoms with van der Waals surface area (Å²) >= 11 is 0. The van der Waals surface area contributed by atoms with Crippen molar-refractivity contribution in [2.75, 3.05) is 18.7 Å². The zero-order chi connectivity index (χ0) is 17.1. The van der Waals surface area contributed by atoms with E-state index in [0.29, 0.717) is 22.7 Å². The number of esters is 1. The predicted molar refractivity (Wildman–Crippen MR) is 82.6 cm³/mol. The number of carbonyl (C=O) groups excluding carboxylic acids is 2. The van der Waals surface area contributed by atoms with Crippen LogP contribution in [-0.4, -0.2) is 25.3 Å². The highest BCUT2D eigenvalue weighted by Crippen LogP contribution is 2.34. The minimum absolute atomic E-state index is 0.0500. The Hall–Kier alpha value is -3.09. The molecule has 6 nitrogen and oxygen atoms in total. The molecule has 2 aromatic rings. The van der Waals surface area contributed by atoms with Crippen LogP contribution in [0.25, 0.3) is 0 Å². The number of ether oxygens (including phenoxy) is 3. The molecule has 1 aliphatic heterocycles. The van der Waals surface area contributed by atoms with E-state index in [0.717, 1.165) is 6.07 Å². The Bertz CT molecular complexity index is 806. The van der Waals surface area contributed by atoms with E-state index < -0.39 is 24.3 Å². The van der Waals surface area contributed by atoms with E-state index in [4.69, 9.17) is 14.2 Å². The second kappa shape index (κ2) is 6.57. The molecule has 2 aromatic carbocycles. The molecule has 1 amide bonds. The summed E-state index contributed by atoms with van der Waals surface area (Å²) in [5.74, 6) is -0.667. The lowest BCUT2D eigenvalue weighted by atomic mass is 10.1. The summed E-state index contributed by atoms with van der Waals surface area (Å²) in [4.78, 5) is 23.6. The van der Waals surface area contributed by atoms with Crippen LogP contribution in [0, 0.1) is 12.7 Å². The molecule has 1 N–H and O–H groups in total. The van der Waals surface area contributed by atoms with Gasteiger partial charge in [0.1, 0.15) is 5.82 Å². The van der Waals surface area contributed by atoms with Crippen molar-refractivity contribution < 1.29 is 28.2 Å². The minimum atomic E-state index is -0.769. The maximum atomic E-state index is 13.4. The van der Waals surface area contributed by atoms with E-state index in [-0.39, 0.29) is 12.4 Å². The van der Waals surface area contributed by atoms with Crippen molar-refractivity contribution in [2.45, 2.75) is 6.92 Å². The van der Waals surface area contributed by atoms with Crippen molar-refractivity contribution in [3.05, 3.63) is 53.3 Å². The number of amides is 1. The molecular weight excluding hydrogens is 317 g/mol. The zero-order valence-electron chi connectivity index (χ0n) is 12.8. The summed E-state index contributed by atoms with van der Waals surface area (Å²) in [6.07, 6.45) is 0. The van der Waals surface area contributed by atoms with Gasteiger partial charge in [-0.25, -0.2) is 9.18 Å². The molecule has 0 radical (unpaired) electrons. The molecule has 0 saturated carbocycles. The molecule has 0 aromatic heterocycles. The van der Waals surface area contributed by atoms with Gasteiger partial charge in [-0.3, -0.25) is 4.79 Å². The molecule has 3 rings (SSSR count). The van der Waals surface area contributed by atoms with Crippen molar-refractivity contribution in [1.82, 2.24) is 0 Å². The number of hydrogen-bond donors (Lipinski definition) is 1. The average Bonchev–Trinajstić information content (AvgIpc) is 3.03. The highest BCUT2D eigenvalue weighted by Gasteiger charge is 2.15. The predicted octanol–water partition coefficient (Wildman–Crippen LogP) is 2.66. The number of halogens is 1. The zero-order valence-corrected chi connectivity index (χ0v) is 12.8. The van der Waals surface area contributed by atoms with Crippen LogP contribution < -0.4 is 14.8 Å². The molecule has 1 heterocycles. The molecule has 0 saturated heterocycles. The van der Waals surface area contributed by atoms with Crippen LogP contribution in [0.4, 0.5) is 10.1 Å². The first-order valence-corrected chi connectivity index (χ1v) is 7.16. The van der Waals surface area contributed by atoms with Gasteiger partial charge in [-0.15, -0.1) is 0 Å². The molecule has 124 valence electrons. The molecule has 1 aliphatic rings. The second-order valence-electron chi connectivity index (χ2n) is 5.16. The fourth-order valence-corrected chi connectivity index (χ4v) is 2.11. The van der Waals surface area contributed by atoms with E-state index in [2.05, 4.69) is 5.32 Å². The van der Waals surface area contributed by atoms with Gasteiger partial charge >= 0.3 is 5.97 Å². The maximum absolute atomic E-state index is 13.4. The Balaban J connectivity index is 1.55. The first kappa shape index (κ1) is 15.8. The maximum Gasteiger partial charge on any atom is 0.338 e. The fraction of sp³-hybridized carbons (Fsp3) is 0.176. The standard InChI is InChI=1S/C17H14FNO5/c1-10-2-3-11(6-13(10)18)17(21)22-8-16(20)19-12-4-5-14-15(7-12)24-9-23-14/h2-7H,8-9H2,1H3,(H,19,20). The number of hydrogen-bond acceptors (Lipinski definition) is 5. The van der Waals surface area contributed by atoms with Crippen LogP contribution in [0.2, 0.25) is 0 Å². The van der Waals surface area contributed by atoms with Crippen LogP contribution in [0.3, 0.4) is 0 Å². The Kier molecular flexibility index (Phi) is 4.33. The summed E-state index contributed by atoms with van der Waals surface area (Å²) in [5.41, 5.74) is 0.961. The average molecular weight is 331 g/mol. The lowest BCUT2D eigenvalue weighted by Gasteiger charge is -2.08. The normalized spacial score (nSPS) is 11.9. The first-order valence-electron chi connectivity index (χ1n) is 7.16. The van der Waals surface area contributed by atoms with Gasteiger partial charge in [0, 0.05) is 11.8 Å². The lowest BCUT2D eigenvalue weighted by Crippen LogP contribution is -2.21. The van der Waals surface area contributed by atoms with Gasteiger partial charge in [0.2, 0.25) is 6.79 Å². The first-order chi connectivity index (χ1) is 11.5. The molecule has 0 fully saturated rings. The van der Waals surface area contributed by atoms with Crippen LogP contribution in [0.5, 0.6) is 11.5 Å². The van der Waals surface area contributed by atoms with Gasteiger partial charge in [-0.05, 0) is 36.8 Å². The fourth-order valence-electron chi connectivity index (χ4n) is 2.11. The molecule has 0 aliphatic carbocycles. The van der Waals surface area contributed by atoms with Crippen molar-refractivity contribution in [2.24, 2.45) is 0 Å². The summed E-state index contributed by atoms with van der Waals surface area (Å²) in [6.45, 7) is 1.24. The number of carbonyl (C=O) groups is 2. The van der Waals surface area contributed by atoms with Gasteiger partial charge in [0.05, 0.1) is 5.56 Å². The van der Waals surface area contributed by atoms with Gasteiger partial charge in [0.25, 0.3) is 5.91 Å². The van der Waals surface area contributed by atoms with Gasteiger partial charge in [0.15, 0.2) is 18.1 Å². The molecular formula is C17H14FNO5. The highest BCUT2D eigenvalue weighted by molar-refractivity contribution is 5.95. The number of rotatable bonds is 4. The summed E-state index contributed by atoms with van der Waals surface area (Å²) < 4.78 is 28.7. The van der Waals surface area contributed by atoms with Gasteiger partial charge < -0.3 is 19.5 Å². The highest BCUT2D eigenvalue weighted by atomic mass is 19.1. The number of anilines is 1. The molecule has 0 unspecified atom stereocenters. The SMILES string of the molecule is Cc1ccc(C(=O)OCC(=O)Nc2ccc3c(c2)OCO3)cc1F. The Morgan fingerprint density at radius 2 is 1.96 bits per heavy atom. The molecule has 0 spiro atoms. The van der Waals surface area contributed by atoms with Crippen molar-refractivity contribution in [3.8, 4) is 11.5 Å². The number of benzene rings is 2. The number of nitrogens with one attached hydrogen (secondary N) is 1. The largest absolute Gasteiger partial charge is 0.454 e. The summed E-state index contributed by atoms with van der Waals surface area (Å²) in [7, 11) is 0. The third-order valence-corrected chi connectivity index (χ3v) is 3.40. The molecule has 0 bridgehead atoms. The topological polar surface area (TPSA) is 73.9 Å². The van der Waals surface area contributed by atoms with Crippen LogP contribution >= 0.6 is 0 Å². The van der Waals surface area contributed by atoms with Crippen molar-refractivity contribution >= 4 is 17.6 Å². The van der Waals surface area contributed by atoms with Gasteiger partial charge in [-0.1, -0.05) is 6.07 Å². The van der Waals surface area contributed by atoms with E-state index >= 15 is 0 Å². The Labute approximate surface area is 137 Å². The second-order valence-corrected chi connectivity index (χ2v) is 5.16. The molecule has 24 heavy (non-hydrogen) atoms. The van der Waals surface area contributed by atoms with Crippen molar-refractivity contribution in [1.29, 1.82) is 0 Å². The van der Waals surface area contributed by atoms with E-state index in [9.17, 15) is 14.0 Å². The molecule has 0 atom stereocenters. The smallest absolute Gasteiger partial charge is 0.338 e. The van der Waals surface area contributed by atoms with E-state index in [1.54, 1.807) is 25.1 Å². The summed E-state index contributed by atoms with van der Waals surface area (Å²) in [5, 5.41) is 2.57. The Morgan fingerprint density at radius 1 is 1.17 bits per heavy atom. The minimum Gasteiger partial charge on any atom is -0.454 e. The van der Waals surface area contributed by atoms with E-state index in [1.807, 2.05) is 0 Å². The molecule has 7 heteroatoms. The quantitative estimate of drug-likeness (QED) is 0.872. The van der Waals surface area contributed by atoms with Gasteiger partial charge in [-0.2, -0.15) is 0 Å².